The Hall–Kier alpha value is -1.54. The monoisotopic (exact) mass is 249 g/mol. The second-order valence-corrected chi connectivity index (χ2v) is 4.38. The van der Waals surface area contributed by atoms with Crippen molar-refractivity contribution in [3.8, 4) is 0 Å². The fourth-order valence-corrected chi connectivity index (χ4v) is 1.81. The number of rotatable bonds is 3. The van der Waals surface area contributed by atoms with Gasteiger partial charge in [-0.25, -0.2) is 4.39 Å². The molecule has 0 aliphatic carbocycles. The van der Waals surface area contributed by atoms with Gasteiger partial charge in [0, 0.05) is 12.2 Å². The maximum atomic E-state index is 13.0. The highest BCUT2D eigenvalue weighted by molar-refractivity contribution is 6.30. The van der Waals surface area contributed by atoms with Crippen LogP contribution in [0.4, 0.5) is 10.1 Å². The van der Waals surface area contributed by atoms with Crippen LogP contribution in [0.15, 0.2) is 42.5 Å². The lowest BCUT2D eigenvalue weighted by molar-refractivity contribution is 0.627. The highest BCUT2D eigenvalue weighted by Crippen LogP contribution is 2.17. The van der Waals surface area contributed by atoms with Crippen LogP contribution in [0.3, 0.4) is 0 Å². The van der Waals surface area contributed by atoms with Crippen molar-refractivity contribution < 1.29 is 4.39 Å². The quantitative estimate of drug-likeness (QED) is 0.850. The molecule has 0 atom stereocenters. The maximum absolute atomic E-state index is 13.0. The van der Waals surface area contributed by atoms with Crippen molar-refractivity contribution in [1.29, 1.82) is 0 Å². The van der Waals surface area contributed by atoms with Crippen LogP contribution < -0.4 is 5.32 Å². The van der Waals surface area contributed by atoms with E-state index in [0.29, 0.717) is 6.54 Å². The van der Waals surface area contributed by atoms with Crippen molar-refractivity contribution in [2.45, 2.75) is 13.5 Å². The first-order valence-electron chi connectivity index (χ1n) is 5.39. The number of anilines is 1. The Morgan fingerprint density at radius 1 is 1.18 bits per heavy atom. The minimum absolute atomic E-state index is 0.161. The van der Waals surface area contributed by atoms with Gasteiger partial charge in [-0.1, -0.05) is 29.8 Å². The summed E-state index contributed by atoms with van der Waals surface area (Å²) in [6, 6.07) is 12.8. The predicted molar refractivity (Wildman–Crippen MR) is 69.9 cm³/mol. The predicted octanol–water partition coefficient (Wildman–Crippen LogP) is 4.40. The molecule has 1 N–H and O–H groups in total. The molecule has 3 heteroatoms. The first-order chi connectivity index (χ1) is 8.15. The topological polar surface area (TPSA) is 12.0 Å². The molecule has 88 valence electrons. The highest BCUT2D eigenvalue weighted by atomic mass is 35.5. The van der Waals surface area contributed by atoms with Crippen molar-refractivity contribution in [2.24, 2.45) is 0 Å². The Bertz CT molecular complexity index is 525. The molecule has 2 aromatic rings. The van der Waals surface area contributed by atoms with Gasteiger partial charge in [-0.2, -0.15) is 0 Å². The lowest BCUT2D eigenvalue weighted by Gasteiger charge is -2.07. The number of hydrogen-bond acceptors (Lipinski definition) is 1. The van der Waals surface area contributed by atoms with E-state index in [2.05, 4.69) is 11.4 Å². The number of nitrogens with one attached hydrogen (secondary N) is 1. The van der Waals surface area contributed by atoms with Crippen LogP contribution >= 0.6 is 11.6 Å². The zero-order chi connectivity index (χ0) is 12.3. The molecular weight excluding hydrogens is 237 g/mol. The molecular formula is C14H13ClFN. The molecule has 0 heterocycles. The van der Waals surface area contributed by atoms with Gasteiger partial charge in [0.1, 0.15) is 5.82 Å². The zero-order valence-electron chi connectivity index (χ0n) is 9.50. The van der Waals surface area contributed by atoms with Gasteiger partial charge in [0.05, 0.1) is 5.02 Å². The Morgan fingerprint density at radius 3 is 2.71 bits per heavy atom. The van der Waals surface area contributed by atoms with Gasteiger partial charge in [-0.05, 0) is 42.3 Å². The Labute approximate surface area is 105 Å². The third kappa shape index (κ3) is 3.21. The Kier molecular flexibility index (Phi) is 3.64. The van der Waals surface area contributed by atoms with E-state index in [-0.39, 0.29) is 10.8 Å². The van der Waals surface area contributed by atoms with E-state index in [1.54, 1.807) is 12.1 Å². The first-order valence-corrected chi connectivity index (χ1v) is 5.77. The number of hydrogen-bond donors (Lipinski definition) is 1. The van der Waals surface area contributed by atoms with Crippen LogP contribution in [0.25, 0.3) is 0 Å². The van der Waals surface area contributed by atoms with Gasteiger partial charge < -0.3 is 5.32 Å². The molecule has 0 spiro atoms. The van der Waals surface area contributed by atoms with Gasteiger partial charge in [-0.15, -0.1) is 0 Å². The molecule has 0 aromatic heterocycles. The van der Waals surface area contributed by atoms with E-state index in [0.717, 1.165) is 11.3 Å². The van der Waals surface area contributed by atoms with Crippen molar-refractivity contribution in [1.82, 2.24) is 0 Å². The lowest BCUT2D eigenvalue weighted by atomic mass is 10.2. The molecule has 0 fully saturated rings. The minimum Gasteiger partial charge on any atom is -0.381 e. The van der Waals surface area contributed by atoms with E-state index in [1.807, 2.05) is 25.1 Å². The minimum atomic E-state index is -0.383. The van der Waals surface area contributed by atoms with Crippen LogP contribution in [0.5, 0.6) is 0 Å². The summed E-state index contributed by atoms with van der Waals surface area (Å²) in [7, 11) is 0. The van der Waals surface area contributed by atoms with Gasteiger partial charge >= 0.3 is 0 Å². The van der Waals surface area contributed by atoms with Crippen molar-refractivity contribution in [3.63, 3.8) is 0 Å². The van der Waals surface area contributed by atoms with Crippen molar-refractivity contribution >= 4 is 17.3 Å². The molecule has 0 radical (unpaired) electrons. The SMILES string of the molecule is Cc1cccc(NCc2ccc(F)c(Cl)c2)c1. The third-order valence-electron chi connectivity index (χ3n) is 2.50. The maximum Gasteiger partial charge on any atom is 0.141 e. The average Bonchev–Trinajstić information content (AvgIpc) is 2.31. The molecule has 1 nitrogen and oxygen atoms in total. The summed E-state index contributed by atoms with van der Waals surface area (Å²) < 4.78 is 13.0. The van der Waals surface area contributed by atoms with Gasteiger partial charge in [0.2, 0.25) is 0 Å². The molecule has 17 heavy (non-hydrogen) atoms. The van der Waals surface area contributed by atoms with Crippen LogP contribution in [-0.2, 0) is 6.54 Å². The molecule has 2 rings (SSSR count). The third-order valence-corrected chi connectivity index (χ3v) is 2.79. The highest BCUT2D eigenvalue weighted by Gasteiger charge is 2.00. The summed E-state index contributed by atoms with van der Waals surface area (Å²) in [5.41, 5.74) is 3.20. The smallest absolute Gasteiger partial charge is 0.141 e. The second kappa shape index (κ2) is 5.19. The fourth-order valence-electron chi connectivity index (χ4n) is 1.61. The second-order valence-electron chi connectivity index (χ2n) is 3.97. The summed E-state index contributed by atoms with van der Waals surface area (Å²) in [5, 5.41) is 3.43. The summed E-state index contributed by atoms with van der Waals surface area (Å²) in [6.07, 6.45) is 0. The van der Waals surface area contributed by atoms with Crippen LogP contribution in [0.1, 0.15) is 11.1 Å². The van der Waals surface area contributed by atoms with Crippen LogP contribution in [-0.4, -0.2) is 0 Å². The van der Waals surface area contributed by atoms with E-state index in [9.17, 15) is 4.39 Å². The first kappa shape index (κ1) is 11.9. The Balaban J connectivity index is 2.05. The van der Waals surface area contributed by atoms with E-state index in [4.69, 9.17) is 11.6 Å². The number of halogens is 2. The summed E-state index contributed by atoms with van der Waals surface area (Å²) in [6.45, 7) is 2.67. The number of benzene rings is 2. The van der Waals surface area contributed by atoms with E-state index in [1.165, 1.54) is 11.6 Å². The van der Waals surface area contributed by atoms with E-state index < -0.39 is 0 Å². The normalized spacial score (nSPS) is 10.3. The Morgan fingerprint density at radius 2 is 2.00 bits per heavy atom. The molecule has 0 aliphatic rings. The molecule has 0 saturated carbocycles. The molecule has 0 aliphatic heterocycles. The van der Waals surface area contributed by atoms with Gasteiger partial charge in [0.15, 0.2) is 0 Å². The molecule has 0 saturated heterocycles. The van der Waals surface area contributed by atoms with Gasteiger partial charge in [0.25, 0.3) is 0 Å². The average molecular weight is 250 g/mol. The molecule has 2 aromatic carbocycles. The van der Waals surface area contributed by atoms with Crippen LogP contribution in [0, 0.1) is 12.7 Å². The van der Waals surface area contributed by atoms with Crippen molar-refractivity contribution in [3.05, 3.63) is 64.4 Å². The fraction of sp³-hybridized carbons (Fsp3) is 0.143. The molecule has 0 bridgehead atoms. The van der Waals surface area contributed by atoms with Crippen molar-refractivity contribution in [2.75, 3.05) is 5.32 Å². The standard InChI is InChI=1S/C14H13ClFN/c1-10-3-2-4-12(7-10)17-9-11-5-6-14(16)13(15)8-11/h2-8,17H,9H2,1H3. The van der Waals surface area contributed by atoms with Crippen LogP contribution in [0.2, 0.25) is 5.02 Å². The number of aryl methyl sites for hydroxylation is 1. The lowest BCUT2D eigenvalue weighted by Crippen LogP contribution is -1.99. The molecule has 0 amide bonds. The molecule has 0 unspecified atom stereocenters. The van der Waals surface area contributed by atoms with Gasteiger partial charge in [-0.3, -0.25) is 0 Å². The summed E-state index contributed by atoms with van der Waals surface area (Å²) >= 11 is 5.72. The van der Waals surface area contributed by atoms with E-state index >= 15 is 0 Å². The zero-order valence-corrected chi connectivity index (χ0v) is 10.3. The summed E-state index contributed by atoms with van der Waals surface area (Å²) in [4.78, 5) is 0. The largest absolute Gasteiger partial charge is 0.381 e. The summed E-state index contributed by atoms with van der Waals surface area (Å²) in [5.74, 6) is -0.383.